The van der Waals surface area contributed by atoms with E-state index in [9.17, 15) is 0 Å². The minimum Gasteiger partial charge on any atom is -0.354 e. The lowest BCUT2D eigenvalue weighted by molar-refractivity contribution is 1.18. The maximum atomic E-state index is 3.71. The van der Waals surface area contributed by atoms with Gasteiger partial charge in [0.25, 0.3) is 0 Å². The molecule has 0 saturated carbocycles. The summed E-state index contributed by atoms with van der Waals surface area (Å²) in [6.45, 7) is 0. The fraction of sp³-hybridized carbons (Fsp3) is 0. The molecule has 0 aliphatic rings. The van der Waals surface area contributed by atoms with Crippen LogP contribution in [0.5, 0.6) is 0 Å². The van der Waals surface area contributed by atoms with Gasteiger partial charge in [-0.15, -0.1) is 0 Å². The normalized spacial score (nSPS) is 12.1. The molecule has 0 bridgehead atoms. The van der Waals surface area contributed by atoms with Crippen LogP contribution < -0.4 is 0 Å². The molecule has 0 saturated heterocycles. The van der Waals surface area contributed by atoms with E-state index in [0.29, 0.717) is 0 Å². The number of aromatic nitrogens is 2. The van der Waals surface area contributed by atoms with Gasteiger partial charge in [0.15, 0.2) is 0 Å². The highest BCUT2D eigenvalue weighted by atomic mass is 15.0. The minimum absolute atomic E-state index is 1.18. The second kappa shape index (κ2) is 6.49. The van der Waals surface area contributed by atoms with Crippen LogP contribution in [0, 0.1) is 0 Å². The standard InChI is InChI=1S/C32H20N2/c1-2-11-23(12-3-1)34-28-16-14-20-8-6-7-13-24(20)31(28)32-29(34)17-15-26-30(32)25-18-21-9-4-5-10-22(21)19-27(25)33-26/h1-19,33H. The van der Waals surface area contributed by atoms with Gasteiger partial charge in [-0.3, -0.25) is 0 Å². The number of H-pyrrole nitrogens is 1. The fourth-order valence-corrected chi connectivity index (χ4v) is 5.80. The van der Waals surface area contributed by atoms with E-state index in [1.165, 1.54) is 70.8 Å². The van der Waals surface area contributed by atoms with Crippen molar-refractivity contribution in [1.82, 2.24) is 9.55 Å². The van der Waals surface area contributed by atoms with E-state index in [2.05, 4.69) is 125 Å². The van der Waals surface area contributed by atoms with Gasteiger partial charge in [-0.05, 0) is 64.0 Å². The van der Waals surface area contributed by atoms with Gasteiger partial charge >= 0.3 is 0 Å². The Morgan fingerprint density at radius 2 is 1.12 bits per heavy atom. The third-order valence-corrected chi connectivity index (χ3v) is 7.26. The number of nitrogens with one attached hydrogen (secondary N) is 1. The summed E-state index contributed by atoms with van der Waals surface area (Å²) in [4.78, 5) is 3.71. The lowest BCUT2D eigenvalue weighted by Crippen LogP contribution is -1.92. The van der Waals surface area contributed by atoms with Crippen LogP contribution in [0.2, 0.25) is 0 Å². The zero-order chi connectivity index (χ0) is 22.2. The second-order valence-corrected chi connectivity index (χ2v) is 9.10. The SMILES string of the molecule is c1ccc(-n2c3ccc4ccccc4c3c3c4c(ccc32)[nH]c2cc3ccccc3cc24)cc1. The highest BCUT2D eigenvalue weighted by Crippen LogP contribution is 2.43. The lowest BCUT2D eigenvalue weighted by atomic mass is 9.99. The summed E-state index contributed by atoms with van der Waals surface area (Å²) in [6.07, 6.45) is 0. The quantitative estimate of drug-likeness (QED) is 0.268. The van der Waals surface area contributed by atoms with E-state index in [1.54, 1.807) is 0 Å². The van der Waals surface area contributed by atoms with E-state index in [1.807, 2.05) is 0 Å². The average Bonchev–Trinajstić information content (AvgIpc) is 3.42. The Kier molecular flexibility index (Phi) is 3.42. The first-order valence-electron chi connectivity index (χ1n) is 11.7. The van der Waals surface area contributed by atoms with Crippen LogP contribution in [0.15, 0.2) is 115 Å². The molecule has 0 atom stereocenters. The average molecular weight is 433 g/mol. The van der Waals surface area contributed by atoms with Crippen molar-refractivity contribution in [1.29, 1.82) is 0 Å². The topological polar surface area (TPSA) is 20.7 Å². The van der Waals surface area contributed by atoms with Gasteiger partial charge in [0.2, 0.25) is 0 Å². The Morgan fingerprint density at radius 1 is 0.441 bits per heavy atom. The van der Waals surface area contributed by atoms with Crippen LogP contribution in [0.1, 0.15) is 0 Å². The number of hydrogen-bond donors (Lipinski definition) is 1. The zero-order valence-corrected chi connectivity index (χ0v) is 18.4. The summed E-state index contributed by atoms with van der Waals surface area (Å²) in [5.41, 5.74) is 6.02. The molecule has 8 aromatic rings. The molecule has 1 N–H and O–H groups in total. The summed E-state index contributed by atoms with van der Waals surface area (Å²) in [5, 5.41) is 10.3. The number of hydrogen-bond acceptors (Lipinski definition) is 0. The van der Waals surface area contributed by atoms with Crippen LogP contribution in [-0.2, 0) is 0 Å². The van der Waals surface area contributed by atoms with Gasteiger partial charge in [0.05, 0.1) is 11.0 Å². The first-order chi connectivity index (χ1) is 16.9. The molecule has 2 heteroatoms. The molecule has 0 spiro atoms. The molecule has 158 valence electrons. The molecule has 0 fully saturated rings. The molecular weight excluding hydrogens is 412 g/mol. The van der Waals surface area contributed by atoms with Gasteiger partial charge in [-0.2, -0.15) is 0 Å². The molecule has 0 unspecified atom stereocenters. The van der Waals surface area contributed by atoms with E-state index in [4.69, 9.17) is 0 Å². The minimum atomic E-state index is 1.18. The third-order valence-electron chi connectivity index (χ3n) is 7.26. The molecule has 2 nitrogen and oxygen atoms in total. The van der Waals surface area contributed by atoms with Crippen LogP contribution in [0.25, 0.3) is 70.8 Å². The van der Waals surface area contributed by atoms with E-state index < -0.39 is 0 Å². The summed E-state index contributed by atoms with van der Waals surface area (Å²) >= 11 is 0. The summed E-state index contributed by atoms with van der Waals surface area (Å²) in [6, 6.07) is 41.7. The molecule has 34 heavy (non-hydrogen) atoms. The largest absolute Gasteiger partial charge is 0.354 e. The Morgan fingerprint density at radius 3 is 1.97 bits per heavy atom. The highest BCUT2D eigenvalue weighted by Gasteiger charge is 2.19. The predicted octanol–water partition coefficient (Wildman–Crippen LogP) is 8.72. The van der Waals surface area contributed by atoms with Gasteiger partial charge in [0, 0.05) is 38.3 Å². The van der Waals surface area contributed by atoms with Crippen molar-refractivity contribution >= 4 is 65.2 Å². The Bertz CT molecular complexity index is 2060. The predicted molar refractivity (Wildman–Crippen MR) is 145 cm³/mol. The number of benzene rings is 6. The van der Waals surface area contributed by atoms with Crippen LogP contribution in [0.3, 0.4) is 0 Å². The molecule has 0 aliphatic carbocycles. The first-order valence-corrected chi connectivity index (χ1v) is 11.7. The summed E-state index contributed by atoms with van der Waals surface area (Å²) < 4.78 is 2.41. The third kappa shape index (κ3) is 2.29. The molecule has 6 aromatic carbocycles. The molecule has 2 heterocycles. The molecular formula is C32H20N2. The van der Waals surface area contributed by atoms with Crippen molar-refractivity contribution < 1.29 is 0 Å². The number of nitrogens with zero attached hydrogens (tertiary/aromatic N) is 1. The molecule has 0 aliphatic heterocycles. The van der Waals surface area contributed by atoms with E-state index in [0.717, 1.165) is 0 Å². The Balaban J connectivity index is 1.68. The monoisotopic (exact) mass is 432 g/mol. The van der Waals surface area contributed by atoms with Gasteiger partial charge in [-0.1, -0.05) is 72.8 Å². The molecule has 2 aromatic heterocycles. The Labute approximate surface area is 195 Å². The maximum absolute atomic E-state index is 3.71. The molecule has 8 rings (SSSR count). The van der Waals surface area contributed by atoms with Crippen molar-refractivity contribution in [2.75, 3.05) is 0 Å². The van der Waals surface area contributed by atoms with E-state index in [-0.39, 0.29) is 0 Å². The smallest absolute Gasteiger partial charge is 0.0549 e. The summed E-state index contributed by atoms with van der Waals surface area (Å²) in [7, 11) is 0. The van der Waals surface area contributed by atoms with E-state index >= 15 is 0 Å². The van der Waals surface area contributed by atoms with Crippen molar-refractivity contribution in [3.05, 3.63) is 115 Å². The van der Waals surface area contributed by atoms with Crippen molar-refractivity contribution in [3.8, 4) is 5.69 Å². The zero-order valence-electron chi connectivity index (χ0n) is 18.4. The number of fused-ring (bicyclic) bond motifs is 10. The lowest BCUT2D eigenvalue weighted by Gasteiger charge is -2.08. The Hall–Kier alpha value is -4.56. The maximum Gasteiger partial charge on any atom is 0.0549 e. The molecule has 0 amide bonds. The van der Waals surface area contributed by atoms with Gasteiger partial charge in [-0.25, -0.2) is 0 Å². The van der Waals surface area contributed by atoms with Crippen LogP contribution in [-0.4, -0.2) is 9.55 Å². The van der Waals surface area contributed by atoms with Gasteiger partial charge in [0.1, 0.15) is 0 Å². The van der Waals surface area contributed by atoms with Gasteiger partial charge < -0.3 is 9.55 Å². The van der Waals surface area contributed by atoms with Crippen molar-refractivity contribution in [2.45, 2.75) is 0 Å². The number of aromatic amines is 1. The fourth-order valence-electron chi connectivity index (χ4n) is 5.80. The van der Waals surface area contributed by atoms with Crippen molar-refractivity contribution in [3.63, 3.8) is 0 Å². The first kappa shape index (κ1) is 17.9. The van der Waals surface area contributed by atoms with Crippen molar-refractivity contribution in [2.24, 2.45) is 0 Å². The van der Waals surface area contributed by atoms with Crippen LogP contribution >= 0.6 is 0 Å². The summed E-state index contributed by atoms with van der Waals surface area (Å²) in [5.74, 6) is 0. The number of rotatable bonds is 1. The van der Waals surface area contributed by atoms with Crippen LogP contribution in [0.4, 0.5) is 0 Å². The number of para-hydroxylation sites is 1. The highest BCUT2D eigenvalue weighted by molar-refractivity contribution is 6.33. The molecule has 0 radical (unpaired) electrons. The second-order valence-electron chi connectivity index (χ2n) is 9.10.